The van der Waals surface area contributed by atoms with Crippen LogP contribution in [0.25, 0.3) is 10.9 Å². The summed E-state index contributed by atoms with van der Waals surface area (Å²) in [6, 6.07) is 12.5. The van der Waals surface area contributed by atoms with E-state index in [0.717, 1.165) is 17.3 Å². The molecule has 0 amide bonds. The monoisotopic (exact) mass is 343 g/mol. The molecule has 86 valence electrons. The molecule has 0 saturated carbocycles. The highest BCUT2D eigenvalue weighted by atomic mass is 79.9. The van der Waals surface area contributed by atoms with Gasteiger partial charge in [-0.3, -0.25) is 4.98 Å². The zero-order chi connectivity index (χ0) is 10.7. The molecule has 0 aliphatic heterocycles. The number of nitrogens with zero attached hydrogens (tertiary/aromatic N) is 1. The van der Waals surface area contributed by atoms with Crippen LogP contribution in [-0.4, -0.2) is 10.3 Å². The summed E-state index contributed by atoms with van der Waals surface area (Å²) in [6.07, 6.45) is 1.12. The predicted octanol–water partition coefficient (Wildman–Crippen LogP) is 4.70. The maximum atomic E-state index is 4.69. The van der Waals surface area contributed by atoms with Gasteiger partial charge in [0.25, 0.3) is 0 Å². The van der Waals surface area contributed by atoms with Crippen molar-refractivity contribution in [1.29, 1.82) is 0 Å². The third-order valence-electron chi connectivity index (χ3n) is 2.72. The summed E-state index contributed by atoms with van der Waals surface area (Å²) in [5.41, 5.74) is 2.28. The van der Waals surface area contributed by atoms with Gasteiger partial charge in [0.2, 0.25) is 0 Å². The summed E-state index contributed by atoms with van der Waals surface area (Å²) in [5, 5.41) is 2.19. The maximum Gasteiger partial charge on any atom is 0.0705 e. The van der Waals surface area contributed by atoms with Gasteiger partial charge in [-0.2, -0.15) is 0 Å². The van der Waals surface area contributed by atoms with E-state index in [0.29, 0.717) is 5.92 Å². The normalized spacial score (nSPS) is 12.1. The first-order valence-corrected chi connectivity index (χ1v) is 6.39. The van der Waals surface area contributed by atoms with Gasteiger partial charge in [0, 0.05) is 22.3 Å². The van der Waals surface area contributed by atoms with Gasteiger partial charge >= 0.3 is 0 Å². The Kier molecular flexibility index (Phi) is 5.42. The van der Waals surface area contributed by atoms with Crippen LogP contribution in [0.15, 0.2) is 36.4 Å². The zero-order valence-corrected chi connectivity index (χ0v) is 12.5. The SMILES string of the molecule is Br.CCC(CBr)c1ccc2ccccc2n1. The number of para-hydroxylation sites is 1. The van der Waals surface area contributed by atoms with Gasteiger partial charge < -0.3 is 0 Å². The first-order valence-electron chi connectivity index (χ1n) is 5.26. The molecule has 0 aliphatic carbocycles. The van der Waals surface area contributed by atoms with Crippen molar-refractivity contribution in [2.75, 3.05) is 5.33 Å². The molecule has 0 spiro atoms. The number of rotatable bonds is 3. The van der Waals surface area contributed by atoms with E-state index in [1.165, 1.54) is 11.1 Å². The average Bonchev–Trinajstić information content (AvgIpc) is 2.30. The second-order valence-electron chi connectivity index (χ2n) is 3.69. The molecule has 1 unspecified atom stereocenters. The lowest BCUT2D eigenvalue weighted by Crippen LogP contribution is -2.01. The van der Waals surface area contributed by atoms with Crippen LogP contribution in [0.4, 0.5) is 0 Å². The van der Waals surface area contributed by atoms with Crippen LogP contribution in [0.3, 0.4) is 0 Å². The van der Waals surface area contributed by atoms with Crippen molar-refractivity contribution < 1.29 is 0 Å². The standard InChI is InChI=1S/C13H14BrN.BrH/c1-2-10(9-14)13-8-7-11-5-3-4-6-12(11)15-13;/h3-8,10H,2,9H2,1H3;1H. The molecule has 0 saturated heterocycles. The lowest BCUT2D eigenvalue weighted by atomic mass is 10.0. The number of fused-ring (bicyclic) bond motifs is 1. The third-order valence-corrected chi connectivity index (χ3v) is 3.50. The molecule has 0 fully saturated rings. The van der Waals surface area contributed by atoms with Crippen LogP contribution in [-0.2, 0) is 0 Å². The summed E-state index contributed by atoms with van der Waals surface area (Å²) >= 11 is 3.54. The van der Waals surface area contributed by atoms with Crippen molar-refractivity contribution in [2.24, 2.45) is 0 Å². The maximum absolute atomic E-state index is 4.69. The van der Waals surface area contributed by atoms with Crippen LogP contribution < -0.4 is 0 Å². The molecule has 3 heteroatoms. The van der Waals surface area contributed by atoms with E-state index < -0.39 is 0 Å². The Morgan fingerprint density at radius 3 is 2.62 bits per heavy atom. The minimum atomic E-state index is 0. The second kappa shape index (κ2) is 6.36. The summed E-state index contributed by atoms with van der Waals surface area (Å²) in [5.74, 6) is 0.523. The minimum absolute atomic E-state index is 0. The van der Waals surface area contributed by atoms with Gasteiger partial charge in [0.15, 0.2) is 0 Å². The van der Waals surface area contributed by atoms with Crippen molar-refractivity contribution in [2.45, 2.75) is 19.3 Å². The van der Waals surface area contributed by atoms with Gasteiger partial charge in [0.1, 0.15) is 0 Å². The van der Waals surface area contributed by atoms with Gasteiger partial charge in [-0.1, -0.05) is 47.1 Å². The molecule has 1 aromatic carbocycles. The number of benzene rings is 1. The Morgan fingerprint density at radius 2 is 1.94 bits per heavy atom. The number of halogens is 2. The first kappa shape index (κ1) is 13.7. The molecule has 0 aliphatic rings. The molecule has 1 nitrogen and oxygen atoms in total. The van der Waals surface area contributed by atoms with E-state index in [1.807, 2.05) is 12.1 Å². The fourth-order valence-electron chi connectivity index (χ4n) is 1.71. The van der Waals surface area contributed by atoms with Gasteiger partial charge in [-0.05, 0) is 18.6 Å². The van der Waals surface area contributed by atoms with Gasteiger partial charge in [0.05, 0.1) is 5.52 Å². The van der Waals surface area contributed by atoms with E-state index in [-0.39, 0.29) is 17.0 Å². The number of alkyl halides is 1. The molecule has 1 heterocycles. The molecule has 0 bridgehead atoms. The van der Waals surface area contributed by atoms with E-state index >= 15 is 0 Å². The molecular weight excluding hydrogens is 330 g/mol. The fraction of sp³-hybridized carbons (Fsp3) is 0.308. The largest absolute Gasteiger partial charge is 0.253 e. The number of hydrogen-bond donors (Lipinski definition) is 0. The Morgan fingerprint density at radius 1 is 1.19 bits per heavy atom. The zero-order valence-electron chi connectivity index (χ0n) is 9.19. The van der Waals surface area contributed by atoms with E-state index in [1.54, 1.807) is 0 Å². The molecule has 2 aromatic rings. The van der Waals surface area contributed by atoms with Crippen LogP contribution in [0, 0.1) is 0 Å². The summed E-state index contributed by atoms with van der Waals surface area (Å²) in [7, 11) is 0. The molecular formula is C13H15Br2N. The number of aromatic nitrogens is 1. The number of hydrogen-bond acceptors (Lipinski definition) is 1. The van der Waals surface area contributed by atoms with E-state index in [4.69, 9.17) is 0 Å². The third kappa shape index (κ3) is 2.83. The van der Waals surface area contributed by atoms with E-state index in [9.17, 15) is 0 Å². The highest BCUT2D eigenvalue weighted by Gasteiger charge is 2.09. The lowest BCUT2D eigenvalue weighted by molar-refractivity contribution is 0.726. The molecule has 16 heavy (non-hydrogen) atoms. The van der Waals surface area contributed by atoms with Crippen LogP contribution >= 0.6 is 32.9 Å². The first-order chi connectivity index (χ1) is 7.35. The van der Waals surface area contributed by atoms with Crippen LogP contribution in [0.5, 0.6) is 0 Å². The van der Waals surface area contributed by atoms with Crippen molar-refractivity contribution >= 4 is 43.8 Å². The Bertz CT molecular complexity index is 452. The lowest BCUT2D eigenvalue weighted by Gasteiger charge is -2.11. The quantitative estimate of drug-likeness (QED) is 0.735. The number of pyridine rings is 1. The van der Waals surface area contributed by atoms with Crippen molar-refractivity contribution in [1.82, 2.24) is 4.98 Å². The predicted molar refractivity (Wildman–Crippen MR) is 78.9 cm³/mol. The Labute approximate surface area is 115 Å². The topological polar surface area (TPSA) is 12.9 Å². The van der Waals surface area contributed by atoms with Crippen LogP contribution in [0.2, 0.25) is 0 Å². The summed E-state index contributed by atoms with van der Waals surface area (Å²) in [6.45, 7) is 2.20. The Balaban J connectivity index is 0.00000128. The molecule has 0 radical (unpaired) electrons. The van der Waals surface area contributed by atoms with Crippen molar-refractivity contribution in [3.63, 3.8) is 0 Å². The molecule has 0 N–H and O–H groups in total. The molecule has 2 rings (SSSR count). The second-order valence-corrected chi connectivity index (χ2v) is 4.34. The molecule has 1 aromatic heterocycles. The summed E-state index contributed by atoms with van der Waals surface area (Å²) < 4.78 is 0. The fourth-order valence-corrected chi connectivity index (χ4v) is 2.50. The summed E-state index contributed by atoms with van der Waals surface area (Å²) in [4.78, 5) is 4.69. The van der Waals surface area contributed by atoms with Crippen molar-refractivity contribution in [3.05, 3.63) is 42.1 Å². The minimum Gasteiger partial charge on any atom is -0.253 e. The van der Waals surface area contributed by atoms with Crippen molar-refractivity contribution in [3.8, 4) is 0 Å². The van der Waals surface area contributed by atoms with E-state index in [2.05, 4.69) is 52.1 Å². The van der Waals surface area contributed by atoms with Gasteiger partial charge in [-0.15, -0.1) is 17.0 Å². The highest BCUT2D eigenvalue weighted by molar-refractivity contribution is 9.09. The smallest absolute Gasteiger partial charge is 0.0705 e. The van der Waals surface area contributed by atoms with Gasteiger partial charge in [-0.25, -0.2) is 0 Å². The average molecular weight is 345 g/mol. The highest BCUT2D eigenvalue weighted by Crippen LogP contribution is 2.22. The Hall–Kier alpha value is -0.410. The van der Waals surface area contributed by atoms with Crippen LogP contribution in [0.1, 0.15) is 25.0 Å². The molecule has 1 atom stereocenters.